The van der Waals surface area contributed by atoms with Crippen LogP contribution < -0.4 is 5.32 Å². The van der Waals surface area contributed by atoms with Crippen molar-refractivity contribution in [1.29, 1.82) is 0 Å². The Kier molecular flexibility index (Phi) is 10.8. The molecule has 1 fully saturated rings. The summed E-state index contributed by atoms with van der Waals surface area (Å²) in [6.07, 6.45) is 0.0283. The number of nitrogens with zero attached hydrogens (tertiary/aromatic N) is 6. The van der Waals surface area contributed by atoms with E-state index in [0.717, 1.165) is 12.8 Å². The number of aryl methyl sites for hydroxylation is 2. The van der Waals surface area contributed by atoms with E-state index in [1.165, 1.54) is 6.33 Å². The van der Waals surface area contributed by atoms with Crippen LogP contribution in [0.5, 0.6) is 0 Å². The minimum atomic E-state index is -5.08. The smallest absolute Gasteiger partial charge is 0.475 e. The molecule has 2 amide bonds. The van der Waals surface area contributed by atoms with E-state index in [1.807, 2.05) is 24.8 Å². The van der Waals surface area contributed by atoms with Crippen LogP contribution in [0.1, 0.15) is 43.7 Å². The number of carboxylic acids is 1. The van der Waals surface area contributed by atoms with Gasteiger partial charge in [-0.1, -0.05) is 12.1 Å². The lowest BCUT2D eigenvalue weighted by Gasteiger charge is -2.28. The number of carbonyl (C=O) groups is 3. The molecule has 1 saturated heterocycles. The number of nitrogens with one attached hydrogen (secondary N) is 1. The summed E-state index contributed by atoms with van der Waals surface area (Å²) in [5.74, 6) is -2.07. The Hall–Kier alpha value is -3.49. The molecule has 0 aliphatic carbocycles. The van der Waals surface area contributed by atoms with E-state index in [9.17, 15) is 22.8 Å². The number of aromatic nitrogens is 4. The minimum Gasteiger partial charge on any atom is -0.475 e. The van der Waals surface area contributed by atoms with E-state index in [4.69, 9.17) is 14.4 Å². The van der Waals surface area contributed by atoms with E-state index in [2.05, 4.69) is 25.5 Å². The molecule has 1 aliphatic heterocycles. The second-order valence-electron chi connectivity index (χ2n) is 8.04. The number of alkyl halides is 3. The van der Waals surface area contributed by atoms with Crippen LogP contribution in [0.4, 0.5) is 13.2 Å². The number of hydrogen-bond acceptors (Lipinski definition) is 8. The van der Waals surface area contributed by atoms with E-state index in [1.54, 1.807) is 11.0 Å². The van der Waals surface area contributed by atoms with Gasteiger partial charge in [-0.15, -0.1) is 0 Å². The van der Waals surface area contributed by atoms with E-state index >= 15 is 0 Å². The molecular formula is C21H30F3N7O5. The highest BCUT2D eigenvalue weighted by atomic mass is 19.4. The molecule has 2 aromatic heterocycles. The standard InChI is InChI=1S/C19H29N7O3.C2HF3O2/c1-3-6-21-19(28)18(16-12-15(2)29-23-16)25-8-4-7-24(10-11-25)17(27)5-9-26-14-20-13-22-26;3-2(4,5)1(6)7/h12-14,18H,3-11H2,1-2H3,(H,21,28);(H,6,7). The zero-order valence-electron chi connectivity index (χ0n) is 20.1. The molecule has 3 rings (SSSR count). The fourth-order valence-electron chi connectivity index (χ4n) is 3.51. The van der Waals surface area contributed by atoms with Crippen molar-refractivity contribution in [1.82, 2.24) is 35.0 Å². The lowest BCUT2D eigenvalue weighted by Crippen LogP contribution is -2.43. The second-order valence-corrected chi connectivity index (χ2v) is 8.04. The molecule has 0 radical (unpaired) electrons. The topological polar surface area (TPSA) is 147 Å². The highest BCUT2D eigenvalue weighted by Gasteiger charge is 2.38. The monoisotopic (exact) mass is 517 g/mol. The first kappa shape index (κ1) is 28.7. The molecule has 200 valence electrons. The van der Waals surface area contributed by atoms with Crippen LogP contribution in [-0.4, -0.2) is 91.5 Å². The highest BCUT2D eigenvalue weighted by molar-refractivity contribution is 5.82. The molecule has 0 saturated carbocycles. The first-order valence-electron chi connectivity index (χ1n) is 11.4. The van der Waals surface area contributed by atoms with Crippen LogP contribution in [-0.2, 0) is 20.9 Å². The minimum absolute atomic E-state index is 0.0777. The van der Waals surface area contributed by atoms with Gasteiger partial charge >= 0.3 is 12.1 Å². The van der Waals surface area contributed by atoms with Gasteiger partial charge in [0.15, 0.2) is 0 Å². The molecule has 1 unspecified atom stereocenters. The zero-order valence-corrected chi connectivity index (χ0v) is 20.1. The predicted molar refractivity (Wildman–Crippen MR) is 118 cm³/mol. The van der Waals surface area contributed by atoms with Gasteiger partial charge in [0.1, 0.15) is 30.2 Å². The van der Waals surface area contributed by atoms with E-state index < -0.39 is 18.2 Å². The van der Waals surface area contributed by atoms with Crippen LogP contribution >= 0.6 is 0 Å². The molecule has 3 heterocycles. The number of rotatable bonds is 8. The van der Waals surface area contributed by atoms with Crippen molar-refractivity contribution in [3.05, 3.63) is 30.2 Å². The number of carbonyl (C=O) groups excluding carboxylic acids is 2. The SMILES string of the molecule is CCCNC(=O)C(c1cc(C)on1)N1CCCN(C(=O)CCn2cncn2)CC1.O=C(O)C(F)(F)F. The van der Waals surface area contributed by atoms with Crippen molar-refractivity contribution >= 4 is 17.8 Å². The summed E-state index contributed by atoms with van der Waals surface area (Å²) in [6, 6.07) is 1.30. The number of hydrogen-bond donors (Lipinski definition) is 2. The Morgan fingerprint density at radius 2 is 1.94 bits per heavy atom. The molecule has 12 nitrogen and oxygen atoms in total. The van der Waals surface area contributed by atoms with Crippen molar-refractivity contribution in [2.75, 3.05) is 32.7 Å². The number of carboxylic acid groups (broad SMARTS) is 1. The Morgan fingerprint density at radius 3 is 2.50 bits per heavy atom. The number of amides is 2. The maximum Gasteiger partial charge on any atom is 0.490 e. The van der Waals surface area contributed by atoms with Crippen LogP contribution in [0.3, 0.4) is 0 Å². The molecule has 1 atom stereocenters. The zero-order chi connectivity index (χ0) is 26.7. The first-order chi connectivity index (χ1) is 17.0. The van der Waals surface area contributed by atoms with E-state index in [0.29, 0.717) is 57.1 Å². The molecule has 2 aromatic rings. The quantitative estimate of drug-likeness (QED) is 0.530. The molecular weight excluding hydrogens is 487 g/mol. The Labute approximate surface area is 205 Å². The summed E-state index contributed by atoms with van der Waals surface area (Å²) in [4.78, 5) is 42.2. The van der Waals surface area contributed by atoms with Gasteiger partial charge in [0.2, 0.25) is 11.8 Å². The van der Waals surface area contributed by atoms with Crippen LogP contribution in [0.2, 0.25) is 0 Å². The van der Waals surface area contributed by atoms with E-state index in [-0.39, 0.29) is 11.8 Å². The fraction of sp³-hybridized carbons (Fsp3) is 0.619. The third-order valence-corrected chi connectivity index (χ3v) is 5.24. The van der Waals surface area contributed by atoms with Crippen LogP contribution in [0.15, 0.2) is 23.2 Å². The van der Waals surface area contributed by atoms with Crippen molar-refractivity contribution in [3.63, 3.8) is 0 Å². The highest BCUT2D eigenvalue weighted by Crippen LogP contribution is 2.23. The molecule has 15 heteroatoms. The molecule has 2 N–H and O–H groups in total. The first-order valence-corrected chi connectivity index (χ1v) is 11.4. The number of aliphatic carboxylic acids is 1. The van der Waals surface area contributed by atoms with Crippen molar-refractivity contribution in [2.45, 2.75) is 51.9 Å². The lowest BCUT2D eigenvalue weighted by molar-refractivity contribution is -0.192. The van der Waals surface area contributed by atoms with Gasteiger partial charge in [0, 0.05) is 45.2 Å². The largest absolute Gasteiger partial charge is 0.490 e. The van der Waals surface area contributed by atoms with Crippen LogP contribution in [0, 0.1) is 6.92 Å². The fourth-order valence-corrected chi connectivity index (χ4v) is 3.51. The number of halogens is 3. The Balaban J connectivity index is 0.000000572. The summed E-state index contributed by atoms with van der Waals surface area (Å²) in [5.41, 5.74) is 0.613. The van der Waals surface area contributed by atoms with Gasteiger partial charge in [0.05, 0.1) is 6.54 Å². The lowest BCUT2D eigenvalue weighted by atomic mass is 10.1. The third-order valence-electron chi connectivity index (χ3n) is 5.24. The molecule has 0 bridgehead atoms. The van der Waals surface area contributed by atoms with Crippen LogP contribution in [0.25, 0.3) is 0 Å². The van der Waals surface area contributed by atoms with Crippen molar-refractivity contribution in [2.24, 2.45) is 0 Å². The molecule has 1 aliphatic rings. The predicted octanol–water partition coefficient (Wildman–Crippen LogP) is 1.40. The Bertz CT molecular complexity index is 981. The van der Waals surface area contributed by atoms with Crippen molar-refractivity contribution in [3.8, 4) is 0 Å². The maximum atomic E-state index is 12.8. The maximum absolute atomic E-state index is 12.8. The summed E-state index contributed by atoms with van der Waals surface area (Å²) in [6.45, 7) is 7.53. The Morgan fingerprint density at radius 1 is 1.22 bits per heavy atom. The molecule has 0 spiro atoms. The summed E-state index contributed by atoms with van der Waals surface area (Å²) in [7, 11) is 0. The van der Waals surface area contributed by atoms with Gasteiger partial charge in [-0.25, -0.2) is 9.78 Å². The average molecular weight is 518 g/mol. The summed E-state index contributed by atoms with van der Waals surface area (Å²) >= 11 is 0. The van der Waals surface area contributed by atoms with Gasteiger partial charge in [0.25, 0.3) is 0 Å². The van der Waals surface area contributed by atoms with Gasteiger partial charge in [-0.3, -0.25) is 19.2 Å². The summed E-state index contributed by atoms with van der Waals surface area (Å²) in [5, 5.41) is 18.2. The van der Waals surface area contributed by atoms with Crippen molar-refractivity contribution < 1.29 is 37.2 Å². The van der Waals surface area contributed by atoms with Gasteiger partial charge in [-0.05, 0) is 19.8 Å². The average Bonchev–Trinajstić information content (AvgIpc) is 3.43. The molecule has 36 heavy (non-hydrogen) atoms. The van der Waals surface area contributed by atoms with Gasteiger partial charge in [-0.2, -0.15) is 18.3 Å². The normalized spacial score (nSPS) is 15.4. The second kappa shape index (κ2) is 13.6. The molecule has 0 aromatic carbocycles. The summed E-state index contributed by atoms with van der Waals surface area (Å²) < 4.78 is 38.6. The third kappa shape index (κ3) is 8.94. The van der Waals surface area contributed by atoms with Gasteiger partial charge < -0.3 is 19.8 Å².